The molecular weight excluding hydrogens is 721 g/mol. The van der Waals surface area contributed by atoms with Gasteiger partial charge < -0.3 is 0 Å². The summed E-state index contributed by atoms with van der Waals surface area (Å²) < 4.78 is 0. The maximum atomic E-state index is 2.53. The fraction of sp³-hybridized carbons (Fsp3) is 0.233. The van der Waals surface area contributed by atoms with Crippen molar-refractivity contribution in [2.75, 3.05) is 0 Å². The van der Waals surface area contributed by atoms with Crippen molar-refractivity contribution in [3.63, 3.8) is 0 Å². The minimum absolute atomic E-state index is 0.0156. The van der Waals surface area contributed by atoms with Crippen LogP contribution in [0.5, 0.6) is 0 Å². The summed E-state index contributed by atoms with van der Waals surface area (Å²) in [6, 6.07) is 56.4. The molecule has 0 atom stereocenters. The molecule has 9 aromatic carbocycles. The van der Waals surface area contributed by atoms with Gasteiger partial charge in [-0.15, -0.1) is 0 Å². The van der Waals surface area contributed by atoms with Crippen molar-refractivity contribution in [2.24, 2.45) is 0 Å². The summed E-state index contributed by atoms with van der Waals surface area (Å²) in [7, 11) is 0. The van der Waals surface area contributed by atoms with Crippen LogP contribution in [-0.4, -0.2) is 0 Å². The van der Waals surface area contributed by atoms with Crippen LogP contribution in [-0.2, 0) is 21.7 Å². The highest BCUT2D eigenvalue weighted by Crippen LogP contribution is 2.56. The fourth-order valence-electron chi connectivity index (χ4n) is 11.0. The van der Waals surface area contributed by atoms with E-state index >= 15 is 0 Å². The van der Waals surface area contributed by atoms with Crippen LogP contribution >= 0.6 is 0 Å². The van der Waals surface area contributed by atoms with Crippen LogP contribution in [0.15, 0.2) is 146 Å². The minimum atomic E-state index is -0.178. The minimum Gasteiger partial charge on any atom is -0.0616 e. The third-order valence-corrected chi connectivity index (χ3v) is 14.5. The zero-order valence-corrected chi connectivity index (χ0v) is 36.9. The number of fused-ring (bicyclic) bond motifs is 6. The molecule has 2 aliphatic rings. The molecule has 294 valence electrons. The molecule has 0 fully saturated rings. The van der Waals surface area contributed by atoms with E-state index in [9.17, 15) is 0 Å². The quantitative estimate of drug-likeness (QED) is 0.157. The van der Waals surface area contributed by atoms with Crippen LogP contribution in [0, 0.1) is 0 Å². The van der Waals surface area contributed by atoms with Crippen LogP contribution < -0.4 is 0 Å². The monoisotopic (exact) mass is 774 g/mol. The molecule has 0 N–H and O–H groups in total. The lowest BCUT2D eigenvalue weighted by atomic mass is 9.76. The van der Waals surface area contributed by atoms with E-state index in [2.05, 4.69) is 215 Å². The van der Waals surface area contributed by atoms with Crippen molar-refractivity contribution >= 4 is 32.3 Å². The molecule has 60 heavy (non-hydrogen) atoms. The van der Waals surface area contributed by atoms with Gasteiger partial charge in [0.2, 0.25) is 0 Å². The van der Waals surface area contributed by atoms with E-state index in [0.29, 0.717) is 0 Å². The van der Waals surface area contributed by atoms with Crippen molar-refractivity contribution in [2.45, 2.75) is 90.9 Å². The average molecular weight is 775 g/mol. The molecule has 0 amide bonds. The Morgan fingerprint density at radius 2 is 0.833 bits per heavy atom. The second-order valence-electron chi connectivity index (χ2n) is 21.0. The zero-order chi connectivity index (χ0) is 41.7. The molecule has 0 bridgehead atoms. The Bertz CT molecular complexity index is 3240. The molecule has 9 aromatic rings. The normalized spacial score (nSPS) is 15.1. The van der Waals surface area contributed by atoms with Crippen molar-refractivity contribution in [1.29, 1.82) is 0 Å². The Labute approximate surface area is 356 Å². The topological polar surface area (TPSA) is 0 Å². The molecule has 0 nitrogen and oxygen atoms in total. The van der Waals surface area contributed by atoms with Crippen molar-refractivity contribution in [1.82, 2.24) is 0 Å². The highest BCUT2D eigenvalue weighted by molar-refractivity contribution is 6.25. The van der Waals surface area contributed by atoms with Gasteiger partial charge in [0.1, 0.15) is 0 Å². The summed E-state index contributed by atoms with van der Waals surface area (Å²) in [5.41, 5.74) is 21.6. The maximum absolute atomic E-state index is 2.53. The van der Waals surface area contributed by atoms with Gasteiger partial charge in [-0.1, -0.05) is 197 Å². The Morgan fingerprint density at radius 1 is 0.333 bits per heavy atom. The molecule has 0 radical (unpaired) electrons. The van der Waals surface area contributed by atoms with Gasteiger partial charge in [-0.2, -0.15) is 0 Å². The Hall–Kier alpha value is -5.98. The van der Waals surface area contributed by atoms with E-state index in [1.165, 1.54) is 121 Å². The fourth-order valence-corrected chi connectivity index (χ4v) is 11.0. The molecule has 0 aliphatic heterocycles. The van der Waals surface area contributed by atoms with Crippen molar-refractivity contribution < 1.29 is 0 Å². The smallest absolute Gasteiger partial charge is 0.0159 e. The molecule has 2 aliphatic carbocycles. The number of benzene rings is 9. The van der Waals surface area contributed by atoms with Gasteiger partial charge in [0, 0.05) is 10.8 Å². The lowest BCUT2D eigenvalue weighted by Gasteiger charge is -2.28. The lowest BCUT2D eigenvalue weighted by molar-refractivity contribution is 0.580. The van der Waals surface area contributed by atoms with Crippen LogP contribution in [0.2, 0.25) is 0 Å². The maximum Gasteiger partial charge on any atom is 0.0159 e. The van der Waals surface area contributed by atoms with Gasteiger partial charge >= 0.3 is 0 Å². The first kappa shape index (κ1) is 37.1. The summed E-state index contributed by atoms with van der Waals surface area (Å²) in [5.74, 6) is 0. The van der Waals surface area contributed by atoms with E-state index in [1.54, 1.807) is 0 Å². The molecular formula is C60H54. The highest BCUT2D eigenvalue weighted by Gasteiger charge is 2.40. The summed E-state index contributed by atoms with van der Waals surface area (Å²) in [5, 5.41) is 7.93. The zero-order valence-electron chi connectivity index (χ0n) is 36.9. The Kier molecular flexibility index (Phi) is 7.59. The summed E-state index contributed by atoms with van der Waals surface area (Å²) in [6.45, 7) is 23.8. The SMILES string of the molecule is CC(C)(C)c1ccc2c(c1)C(C)(C)c1cc(C(C)(C)C)cc(-c3ccc4c(c3)C(C)(C)c3cc(-c5ccccc5-c5ccc6ccc7cccc8ccc5c6c78)ccc3-4)c1-2. The van der Waals surface area contributed by atoms with Crippen LogP contribution in [0.1, 0.15) is 103 Å². The van der Waals surface area contributed by atoms with Crippen molar-refractivity contribution in [3.05, 3.63) is 179 Å². The number of rotatable bonds is 3. The van der Waals surface area contributed by atoms with E-state index < -0.39 is 0 Å². The van der Waals surface area contributed by atoms with Gasteiger partial charge in [0.05, 0.1) is 0 Å². The molecule has 0 heteroatoms. The number of hydrogen-bond acceptors (Lipinski definition) is 0. The van der Waals surface area contributed by atoms with Crippen LogP contribution in [0.25, 0.3) is 88.0 Å². The molecule has 0 unspecified atom stereocenters. The first-order valence-electron chi connectivity index (χ1n) is 21.9. The third kappa shape index (κ3) is 5.22. The first-order chi connectivity index (χ1) is 28.5. The number of hydrogen-bond donors (Lipinski definition) is 0. The molecule has 0 spiro atoms. The summed E-state index contributed by atoms with van der Waals surface area (Å²) in [4.78, 5) is 0. The molecule has 0 saturated carbocycles. The first-order valence-corrected chi connectivity index (χ1v) is 21.9. The van der Waals surface area contributed by atoms with Gasteiger partial charge in [0.25, 0.3) is 0 Å². The van der Waals surface area contributed by atoms with Gasteiger partial charge in [-0.05, 0) is 150 Å². The third-order valence-electron chi connectivity index (χ3n) is 14.5. The predicted octanol–water partition coefficient (Wildman–Crippen LogP) is 16.8. The lowest BCUT2D eigenvalue weighted by Crippen LogP contribution is -2.19. The van der Waals surface area contributed by atoms with Gasteiger partial charge in [-0.3, -0.25) is 0 Å². The van der Waals surface area contributed by atoms with Gasteiger partial charge in [0.15, 0.2) is 0 Å². The molecule has 11 rings (SSSR count). The van der Waals surface area contributed by atoms with E-state index in [-0.39, 0.29) is 21.7 Å². The van der Waals surface area contributed by atoms with E-state index in [4.69, 9.17) is 0 Å². The Balaban J connectivity index is 1.04. The van der Waals surface area contributed by atoms with Gasteiger partial charge in [-0.25, -0.2) is 0 Å². The van der Waals surface area contributed by atoms with Crippen LogP contribution in [0.4, 0.5) is 0 Å². The Morgan fingerprint density at radius 3 is 1.48 bits per heavy atom. The molecule has 0 saturated heterocycles. The second-order valence-corrected chi connectivity index (χ2v) is 21.0. The highest BCUT2D eigenvalue weighted by atomic mass is 14.4. The van der Waals surface area contributed by atoms with Crippen LogP contribution in [0.3, 0.4) is 0 Å². The van der Waals surface area contributed by atoms with Crippen molar-refractivity contribution in [3.8, 4) is 55.6 Å². The van der Waals surface area contributed by atoms with E-state index in [1.807, 2.05) is 0 Å². The summed E-state index contributed by atoms with van der Waals surface area (Å²) in [6.07, 6.45) is 0. The predicted molar refractivity (Wildman–Crippen MR) is 259 cm³/mol. The molecule has 0 aromatic heterocycles. The molecule has 0 heterocycles. The standard InChI is InChI=1S/C60H54/c1-57(2,3)40-24-29-48-52(33-40)60(9,10)53-34-41(58(4,5)6)32-49(56(48)53)39-23-27-46-45-26-22-38(30-50(45)59(7,8)51(46)31-39)42-16-11-12-17-43(42)44-25-20-37-19-18-35-14-13-15-36-21-28-47(44)55(37)54(35)36/h11-34H,1-10H3. The largest absolute Gasteiger partial charge is 0.0616 e. The average Bonchev–Trinajstić information content (AvgIpc) is 3.60. The van der Waals surface area contributed by atoms with E-state index in [0.717, 1.165) is 0 Å². The summed E-state index contributed by atoms with van der Waals surface area (Å²) >= 11 is 0. The second kappa shape index (κ2) is 12.3.